The third kappa shape index (κ3) is 2.06. The normalized spacial score (nSPS) is 31.2. The molecule has 4 heterocycles. The van der Waals surface area contributed by atoms with E-state index >= 15 is 0 Å². The van der Waals surface area contributed by atoms with Gasteiger partial charge >= 0.3 is 0 Å². The fourth-order valence-electron chi connectivity index (χ4n) is 3.25. The van der Waals surface area contributed by atoms with Gasteiger partial charge in [0.2, 0.25) is 0 Å². The zero-order chi connectivity index (χ0) is 17.1. The van der Waals surface area contributed by atoms with Gasteiger partial charge in [-0.25, -0.2) is 14.6 Å². The van der Waals surface area contributed by atoms with Crippen molar-refractivity contribution in [3.8, 4) is 6.07 Å². The molecule has 2 aromatic heterocycles. The number of hydrogen-bond acceptors (Lipinski definition) is 9. The van der Waals surface area contributed by atoms with E-state index in [1.54, 1.807) is 13.8 Å². The lowest BCUT2D eigenvalue weighted by Gasteiger charge is -2.23. The summed E-state index contributed by atoms with van der Waals surface area (Å²) in [5.74, 6) is -0.639. The number of nitrogens with zero attached hydrogens (tertiary/aromatic N) is 5. The molecule has 2 aromatic rings. The quantitative estimate of drug-likeness (QED) is 0.757. The van der Waals surface area contributed by atoms with Crippen molar-refractivity contribution in [3.63, 3.8) is 0 Å². The summed E-state index contributed by atoms with van der Waals surface area (Å²) >= 11 is 0. The van der Waals surface area contributed by atoms with Crippen LogP contribution >= 0.6 is 0 Å². The molecule has 3 N–H and O–H groups in total. The van der Waals surface area contributed by atoms with Crippen LogP contribution in [0, 0.1) is 11.3 Å². The van der Waals surface area contributed by atoms with Gasteiger partial charge in [0, 0.05) is 0 Å². The van der Waals surface area contributed by atoms with Crippen LogP contribution in [0.5, 0.6) is 0 Å². The zero-order valence-corrected chi connectivity index (χ0v) is 13.1. The Bertz CT molecular complexity index is 844. The Labute approximate surface area is 136 Å². The SMILES string of the molecule is CC1(C)O[C@@H]2[C@H](O1)[C@@H](CO)O[C@H]2n1nc(C#N)c2c(N)ncnc21. The monoisotopic (exact) mass is 332 g/mol. The van der Waals surface area contributed by atoms with Gasteiger partial charge in [0.15, 0.2) is 23.4 Å². The second-order valence-corrected chi connectivity index (χ2v) is 6.17. The predicted octanol–water partition coefficient (Wildman–Crippen LogP) is -0.310. The summed E-state index contributed by atoms with van der Waals surface area (Å²) in [6, 6.07) is 1.99. The van der Waals surface area contributed by atoms with Crippen molar-refractivity contribution in [1.29, 1.82) is 5.26 Å². The first-order valence-corrected chi connectivity index (χ1v) is 7.46. The maximum Gasteiger partial charge on any atom is 0.181 e. The van der Waals surface area contributed by atoms with Crippen molar-refractivity contribution in [3.05, 3.63) is 12.0 Å². The van der Waals surface area contributed by atoms with Crippen LogP contribution in [0.1, 0.15) is 25.8 Å². The number of aliphatic hydroxyl groups is 1. The molecule has 0 saturated carbocycles. The minimum atomic E-state index is -0.806. The van der Waals surface area contributed by atoms with Crippen LogP contribution in [0.15, 0.2) is 6.33 Å². The zero-order valence-electron chi connectivity index (χ0n) is 13.1. The molecule has 10 nitrogen and oxygen atoms in total. The highest BCUT2D eigenvalue weighted by Crippen LogP contribution is 2.43. The lowest BCUT2D eigenvalue weighted by molar-refractivity contribution is -0.201. The number of nitrogen functional groups attached to an aromatic ring is 1. The smallest absolute Gasteiger partial charge is 0.181 e. The summed E-state index contributed by atoms with van der Waals surface area (Å²) in [5, 5.41) is 23.5. The molecule has 2 saturated heterocycles. The van der Waals surface area contributed by atoms with E-state index in [1.807, 2.05) is 6.07 Å². The summed E-state index contributed by atoms with van der Waals surface area (Å²) < 4.78 is 19.0. The molecule has 10 heteroatoms. The van der Waals surface area contributed by atoms with Gasteiger partial charge in [-0.15, -0.1) is 0 Å². The second-order valence-electron chi connectivity index (χ2n) is 6.17. The molecule has 2 aliphatic heterocycles. The fourth-order valence-corrected chi connectivity index (χ4v) is 3.25. The Hall–Kier alpha value is -2.32. The minimum absolute atomic E-state index is 0.105. The van der Waals surface area contributed by atoms with Crippen LogP contribution in [0.4, 0.5) is 5.82 Å². The molecule has 0 amide bonds. The van der Waals surface area contributed by atoms with Crippen molar-refractivity contribution < 1.29 is 19.3 Å². The van der Waals surface area contributed by atoms with E-state index in [4.69, 9.17) is 19.9 Å². The Balaban J connectivity index is 1.84. The number of aromatic nitrogens is 4. The van der Waals surface area contributed by atoms with E-state index in [1.165, 1.54) is 11.0 Å². The lowest BCUT2D eigenvalue weighted by atomic mass is 10.1. The Kier molecular flexibility index (Phi) is 3.23. The Morgan fingerprint density at radius 3 is 2.83 bits per heavy atom. The molecule has 0 radical (unpaired) electrons. The van der Waals surface area contributed by atoms with Crippen LogP contribution in [-0.2, 0) is 14.2 Å². The van der Waals surface area contributed by atoms with Gasteiger partial charge in [-0.3, -0.25) is 0 Å². The van der Waals surface area contributed by atoms with E-state index in [-0.39, 0.29) is 18.1 Å². The first-order chi connectivity index (χ1) is 11.4. The first kappa shape index (κ1) is 15.2. The molecule has 0 spiro atoms. The highest BCUT2D eigenvalue weighted by Gasteiger charge is 2.56. The number of nitriles is 1. The summed E-state index contributed by atoms with van der Waals surface area (Å²) in [4.78, 5) is 8.08. The van der Waals surface area contributed by atoms with Gasteiger partial charge in [0.1, 0.15) is 36.5 Å². The number of fused-ring (bicyclic) bond motifs is 2. The van der Waals surface area contributed by atoms with Crippen LogP contribution < -0.4 is 5.73 Å². The highest BCUT2D eigenvalue weighted by molar-refractivity contribution is 5.90. The first-order valence-electron chi connectivity index (χ1n) is 7.46. The van der Waals surface area contributed by atoms with Crippen molar-refractivity contribution in [2.75, 3.05) is 12.3 Å². The molecule has 0 unspecified atom stereocenters. The summed E-state index contributed by atoms with van der Waals surface area (Å²) in [6.45, 7) is 3.36. The Morgan fingerprint density at radius 2 is 2.12 bits per heavy atom. The molecule has 0 bridgehead atoms. The summed E-state index contributed by atoms with van der Waals surface area (Å²) in [6.07, 6.45) is -0.913. The number of nitrogens with two attached hydrogens (primary N) is 1. The molecule has 4 rings (SSSR count). The van der Waals surface area contributed by atoms with Crippen molar-refractivity contribution >= 4 is 16.9 Å². The molecule has 2 aliphatic rings. The molecular formula is C14H16N6O4. The fraction of sp³-hybridized carbons (Fsp3) is 0.571. The molecular weight excluding hydrogens is 316 g/mol. The van der Waals surface area contributed by atoms with Crippen LogP contribution in [-0.4, -0.2) is 55.6 Å². The van der Waals surface area contributed by atoms with Gasteiger partial charge in [0.25, 0.3) is 0 Å². The van der Waals surface area contributed by atoms with Gasteiger partial charge in [0.05, 0.1) is 12.0 Å². The summed E-state index contributed by atoms with van der Waals surface area (Å²) in [7, 11) is 0. The summed E-state index contributed by atoms with van der Waals surface area (Å²) in [5.41, 5.74) is 6.33. The van der Waals surface area contributed by atoms with Crippen molar-refractivity contribution in [2.45, 2.75) is 44.2 Å². The van der Waals surface area contributed by atoms with E-state index in [0.29, 0.717) is 11.0 Å². The highest BCUT2D eigenvalue weighted by atomic mass is 16.8. The lowest BCUT2D eigenvalue weighted by Crippen LogP contribution is -2.31. The van der Waals surface area contributed by atoms with Gasteiger partial charge < -0.3 is 25.1 Å². The van der Waals surface area contributed by atoms with Crippen molar-refractivity contribution in [1.82, 2.24) is 19.7 Å². The third-order valence-electron chi connectivity index (χ3n) is 4.17. The molecule has 0 aromatic carbocycles. The molecule has 24 heavy (non-hydrogen) atoms. The number of ether oxygens (including phenoxy) is 3. The van der Waals surface area contributed by atoms with Gasteiger partial charge in [-0.05, 0) is 13.8 Å². The molecule has 126 valence electrons. The molecule has 2 fully saturated rings. The number of rotatable bonds is 2. The van der Waals surface area contributed by atoms with Crippen LogP contribution in [0.3, 0.4) is 0 Å². The van der Waals surface area contributed by atoms with E-state index in [2.05, 4.69) is 15.1 Å². The van der Waals surface area contributed by atoms with E-state index in [0.717, 1.165) is 0 Å². The minimum Gasteiger partial charge on any atom is -0.394 e. The molecule has 4 atom stereocenters. The van der Waals surface area contributed by atoms with Crippen molar-refractivity contribution in [2.24, 2.45) is 0 Å². The van der Waals surface area contributed by atoms with E-state index in [9.17, 15) is 10.4 Å². The third-order valence-corrected chi connectivity index (χ3v) is 4.17. The van der Waals surface area contributed by atoms with Crippen LogP contribution in [0.2, 0.25) is 0 Å². The topological polar surface area (TPSA) is 141 Å². The maximum absolute atomic E-state index is 9.57. The number of hydrogen-bond donors (Lipinski definition) is 2. The van der Waals surface area contributed by atoms with Crippen LogP contribution in [0.25, 0.3) is 11.0 Å². The molecule has 0 aliphatic carbocycles. The standard InChI is InChI=1S/C14H16N6O4/c1-14(2)23-9-7(4-21)22-13(10(9)24-14)20-12-8(6(3-15)19-20)11(16)17-5-18-12/h5,7,9-10,13,21H,4H2,1-2H3,(H2,16,17,18)/t7-,9-,10-,13-/m1/s1. The van der Waals surface area contributed by atoms with Gasteiger partial charge in [-0.2, -0.15) is 10.4 Å². The maximum atomic E-state index is 9.57. The number of aliphatic hydroxyl groups excluding tert-OH is 1. The number of anilines is 1. The van der Waals surface area contributed by atoms with Gasteiger partial charge in [-0.1, -0.05) is 0 Å². The van der Waals surface area contributed by atoms with E-state index < -0.39 is 30.3 Å². The Morgan fingerprint density at radius 1 is 1.38 bits per heavy atom. The second kappa shape index (κ2) is 5.09. The predicted molar refractivity (Wildman–Crippen MR) is 79.3 cm³/mol. The average molecular weight is 332 g/mol. The average Bonchev–Trinajstić information content (AvgIpc) is 3.16. The largest absolute Gasteiger partial charge is 0.394 e.